The molecule has 1 unspecified atom stereocenters. The van der Waals surface area contributed by atoms with Crippen LogP contribution in [-0.4, -0.2) is 44.6 Å². The van der Waals surface area contributed by atoms with Gasteiger partial charge in [0, 0.05) is 43.5 Å². The number of rotatable bonds is 5. The molecular weight excluding hydrogens is 384 g/mol. The first-order valence-corrected chi connectivity index (χ1v) is 12.3. The van der Waals surface area contributed by atoms with Crippen LogP contribution in [0.1, 0.15) is 74.7 Å². The van der Waals surface area contributed by atoms with Gasteiger partial charge in [-0.3, -0.25) is 14.4 Å². The van der Waals surface area contributed by atoms with Crippen molar-refractivity contribution in [2.24, 2.45) is 5.41 Å². The van der Waals surface area contributed by atoms with Gasteiger partial charge in [0.2, 0.25) is 5.91 Å². The van der Waals surface area contributed by atoms with Crippen LogP contribution >= 0.6 is 0 Å². The summed E-state index contributed by atoms with van der Waals surface area (Å²) in [5.74, 6) is 0.444. The van der Waals surface area contributed by atoms with E-state index in [9.17, 15) is 4.79 Å². The Labute approximate surface area is 186 Å². The molecule has 5 heteroatoms. The largest absolute Gasteiger partial charge is 0.331 e. The Morgan fingerprint density at radius 2 is 1.77 bits per heavy atom. The summed E-state index contributed by atoms with van der Waals surface area (Å²) in [5, 5.41) is 4.50. The first kappa shape index (κ1) is 20.7. The Morgan fingerprint density at radius 1 is 1.06 bits per heavy atom. The number of β-lactam (4-membered cyclic amide) rings is 1. The van der Waals surface area contributed by atoms with Crippen molar-refractivity contribution < 1.29 is 4.79 Å². The third-order valence-electron chi connectivity index (χ3n) is 8.17. The topological polar surface area (TPSA) is 41.4 Å². The molecule has 1 aliphatic carbocycles. The van der Waals surface area contributed by atoms with Crippen LogP contribution in [-0.2, 0) is 17.9 Å². The molecule has 1 saturated carbocycles. The zero-order valence-corrected chi connectivity index (χ0v) is 19.1. The van der Waals surface area contributed by atoms with Gasteiger partial charge in [-0.1, -0.05) is 49.6 Å². The van der Waals surface area contributed by atoms with Crippen LogP contribution in [0.25, 0.3) is 0 Å². The quantitative estimate of drug-likeness (QED) is 0.658. The summed E-state index contributed by atoms with van der Waals surface area (Å²) in [5.41, 5.74) is 3.84. The van der Waals surface area contributed by atoms with E-state index < -0.39 is 0 Å². The average molecular weight is 421 g/mol. The molecule has 1 aromatic carbocycles. The maximum Gasteiger partial charge on any atom is 0.232 e. The maximum atomic E-state index is 13.6. The maximum absolute atomic E-state index is 13.6. The van der Waals surface area contributed by atoms with E-state index in [1.54, 1.807) is 0 Å². The Balaban J connectivity index is 1.29. The fourth-order valence-corrected chi connectivity index (χ4v) is 6.41. The number of carbonyl (C=O) groups excluding carboxylic acids is 1. The van der Waals surface area contributed by atoms with Crippen LogP contribution in [0.3, 0.4) is 0 Å². The van der Waals surface area contributed by atoms with E-state index >= 15 is 0 Å². The van der Waals surface area contributed by atoms with Crippen LogP contribution in [0.5, 0.6) is 0 Å². The Kier molecular flexibility index (Phi) is 5.63. The lowest BCUT2D eigenvalue weighted by Crippen LogP contribution is -2.67. The second-order valence-electron chi connectivity index (χ2n) is 9.82. The monoisotopic (exact) mass is 420 g/mol. The smallest absolute Gasteiger partial charge is 0.232 e. The van der Waals surface area contributed by atoms with Crippen molar-refractivity contribution in [1.82, 2.24) is 19.6 Å². The van der Waals surface area contributed by atoms with Gasteiger partial charge in [0.05, 0.1) is 17.7 Å². The molecule has 3 heterocycles. The van der Waals surface area contributed by atoms with Gasteiger partial charge in [-0.2, -0.15) is 5.10 Å². The van der Waals surface area contributed by atoms with Crippen molar-refractivity contribution in [3.8, 4) is 0 Å². The molecule has 5 nitrogen and oxygen atoms in total. The molecule has 31 heavy (non-hydrogen) atoms. The second-order valence-corrected chi connectivity index (χ2v) is 9.82. The van der Waals surface area contributed by atoms with Gasteiger partial charge in [0.25, 0.3) is 0 Å². The zero-order valence-electron chi connectivity index (χ0n) is 19.1. The van der Waals surface area contributed by atoms with Gasteiger partial charge in [0.1, 0.15) is 0 Å². The summed E-state index contributed by atoms with van der Waals surface area (Å²) >= 11 is 0. The SMILES string of the molecule is CCn1ncc(CN2CCC(N3C(=O)C4(CCCCC4)C3c3ccccc3)CC2)c1C. The van der Waals surface area contributed by atoms with Gasteiger partial charge in [-0.05, 0) is 45.1 Å². The molecule has 1 atom stereocenters. The molecule has 2 aromatic rings. The zero-order chi connectivity index (χ0) is 21.4. The van der Waals surface area contributed by atoms with E-state index in [2.05, 4.69) is 63.8 Å². The number of hydrogen-bond acceptors (Lipinski definition) is 3. The molecule has 1 spiro atoms. The normalized spacial score (nSPS) is 24.5. The Bertz CT molecular complexity index is 907. The third kappa shape index (κ3) is 3.51. The van der Waals surface area contributed by atoms with Gasteiger partial charge in [-0.15, -0.1) is 0 Å². The minimum atomic E-state index is -0.122. The summed E-state index contributed by atoms with van der Waals surface area (Å²) in [6, 6.07) is 11.5. The van der Waals surface area contributed by atoms with Gasteiger partial charge in [0.15, 0.2) is 0 Å². The standard InChI is InChI=1S/C26H36N4O/c1-3-29-20(2)22(18-27-29)19-28-16-12-23(13-17-28)30-24(21-10-6-4-7-11-21)26(25(30)31)14-8-5-9-15-26/h4,6-7,10-11,18,23-24H,3,5,8-9,12-17,19H2,1-2H3. The van der Waals surface area contributed by atoms with Crippen molar-refractivity contribution >= 4 is 5.91 Å². The summed E-state index contributed by atoms with van der Waals surface area (Å²) in [4.78, 5) is 18.4. The molecule has 3 fully saturated rings. The molecular formula is C26H36N4O. The molecule has 2 saturated heterocycles. The predicted octanol–water partition coefficient (Wildman–Crippen LogP) is 4.71. The average Bonchev–Trinajstić information content (AvgIpc) is 3.18. The summed E-state index contributed by atoms with van der Waals surface area (Å²) < 4.78 is 2.08. The van der Waals surface area contributed by atoms with Crippen molar-refractivity contribution in [3.63, 3.8) is 0 Å². The highest BCUT2D eigenvalue weighted by Gasteiger charge is 2.62. The van der Waals surface area contributed by atoms with Crippen molar-refractivity contribution in [2.45, 2.75) is 84.0 Å². The molecule has 0 radical (unpaired) electrons. The highest BCUT2D eigenvalue weighted by molar-refractivity contribution is 5.91. The molecule has 1 aromatic heterocycles. The van der Waals surface area contributed by atoms with E-state index in [4.69, 9.17) is 0 Å². The highest BCUT2D eigenvalue weighted by atomic mass is 16.2. The molecule has 2 aliphatic heterocycles. The van der Waals surface area contributed by atoms with E-state index in [0.29, 0.717) is 11.9 Å². The molecule has 5 rings (SSSR count). The molecule has 1 amide bonds. The van der Waals surface area contributed by atoms with Crippen LogP contribution in [0.2, 0.25) is 0 Å². The lowest BCUT2D eigenvalue weighted by molar-refractivity contribution is -0.186. The second kappa shape index (κ2) is 8.42. The first-order valence-electron chi connectivity index (χ1n) is 12.3. The van der Waals surface area contributed by atoms with E-state index in [1.807, 2.05) is 6.20 Å². The van der Waals surface area contributed by atoms with Crippen LogP contribution < -0.4 is 0 Å². The minimum absolute atomic E-state index is 0.122. The fraction of sp³-hybridized carbons (Fsp3) is 0.615. The minimum Gasteiger partial charge on any atom is -0.331 e. The summed E-state index contributed by atoms with van der Waals surface area (Å²) in [6.07, 6.45) is 10.0. The summed E-state index contributed by atoms with van der Waals surface area (Å²) in [7, 11) is 0. The number of aromatic nitrogens is 2. The van der Waals surface area contributed by atoms with Crippen molar-refractivity contribution in [1.29, 1.82) is 0 Å². The number of hydrogen-bond donors (Lipinski definition) is 0. The van der Waals surface area contributed by atoms with Crippen molar-refractivity contribution in [3.05, 3.63) is 53.3 Å². The fourth-order valence-electron chi connectivity index (χ4n) is 6.41. The summed E-state index contributed by atoms with van der Waals surface area (Å²) in [6.45, 7) is 8.32. The number of aryl methyl sites for hydroxylation is 1. The molecule has 0 N–H and O–H groups in total. The van der Waals surface area contributed by atoms with Crippen LogP contribution in [0.4, 0.5) is 0 Å². The lowest BCUT2D eigenvalue weighted by Gasteiger charge is -2.61. The van der Waals surface area contributed by atoms with E-state index in [-0.39, 0.29) is 11.5 Å². The molecule has 3 aliphatic rings. The van der Waals surface area contributed by atoms with Gasteiger partial charge < -0.3 is 4.90 Å². The third-order valence-corrected chi connectivity index (χ3v) is 8.17. The van der Waals surface area contributed by atoms with Crippen LogP contribution in [0.15, 0.2) is 36.5 Å². The van der Waals surface area contributed by atoms with E-state index in [1.165, 1.54) is 36.1 Å². The number of nitrogens with zero attached hydrogens (tertiary/aromatic N) is 4. The van der Waals surface area contributed by atoms with Gasteiger partial charge in [-0.25, -0.2) is 0 Å². The van der Waals surface area contributed by atoms with Gasteiger partial charge >= 0.3 is 0 Å². The highest BCUT2D eigenvalue weighted by Crippen LogP contribution is 2.59. The number of amides is 1. The Morgan fingerprint density at radius 3 is 2.42 bits per heavy atom. The number of likely N-dealkylation sites (tertiary alicyclic amines) is 2. The predicted molar refractivity (Wildman–Crippen MR) is 122 cm³/mol. The molecule has 166 valence electrons. The Hall–Kier alpha value is -2.14. The first-order chi connectivity index (χ1) is 15.1. The van der Waals surface area contributed by atoms with E-state index in [0.717, 1.165) is 51.9 Å². The number of benzene rings is 1. The lowest BCUT2D eigenvalue weighted by atomic mass is 9.59. The van der Waals surface area contributed by atoms with Crippen molar-refractivity contribution in [2.75, 3.05) is 13.1 Å². The van der Waals surface area contributed by atoms with Crippen LogP contribution in [0, 0.1) is 12.3 Å². The number of carbonyl (C=O) groups is 1. The molecule has 0 bridgehead atoms. The number of piperidine rings is 1.